The summed E-state index contributed by atoms with van der Waals surface area (Å²) in [7, 11) is 1.87. The number of phenolic OH excluding ortho intramolecular Hbond substituents is 2. The number of nitrogens with one attached hydrogen (secondary N) is 2. The number of hydrogen-bond acceptors (Lipinski definition) is 6. The molecule has 5 N–H and O–H groups in total. The molecule has 2 amide bonds. The molecule has 6 rings (SSSR count). The summed E-state index contributed by atoms with van der Waals surface area (Å²) in [5.41, 5.74) is 6.17. The van der Waals surface area contributed by atoms with E-state index < -0.39 is 17.9 Å². The molecule has 1 unspecified atom stereocenters. The molecule has 2 aromatic heterocycles. The molecule has 3 heterocycles. The Morgan fingerprint density at radius 1 is 0.971 bits per heavy atom. The average Bonchev–Trinajstić information content (AvgIpc) is 3.40. The molecule has 0 fully saturated rings. The van der Waals surface area contributed by atoms with Crippen molar-refractivity contribution in [2.45, 2.75) is 19.4 Å². The van der Waals surface area contributed by atoms with Gasteiger partial charge in [0.25, 0.3) is 11.8 Å². The minimum atomic E-state index is -0.511. The minimum Gasteiger partial charge on any atom is -0.508 e. The number of aryl methyl sites for hydroxylation is 1. The van der Waals surface area contributed by atoms with Crippen LogP contribution in [0.15, 0.2) is 36.4 Å². The lowest BCUT2D eigenvalue weighted by molar-refractivity contribution is 0.0502. The fourth-order valence-corrected chi connectivity index (χ4v) is 5.16. The van der Waals surface area contributed by atoms with Crippen LogP contribution in [0.1, 0.15) is 34.1 Å². The number of hydrazine groups is 1. The number of benzene rings is 3. The molecule has 1 atom stereocenters. The molecular weight excluding hydrogens is 436 g/mol. The molecular formula is C25H22N4O5. The number of rotatable bonds is 4. The Morgan fingerprint density at radius 2 is 1.65 bits per heavy atom. The van der Waals surface area contributed by atoms with Gasteiger partial charge in [-0.3, -0.25) is 9.59 Å². The van der Waals surface area contributed by atoms with Crippen LogP contribution >= 0.6 is 0 Å². The van der Waals surface area contributed by atoms with E-state index in [1.807, 2.05) is 18.5 Å². The van der Waals surface area contributed by atoms with E-state index in [-0.39, 0.29) is 29.2 Å². The summed E-state index contributed by atoms with van der Waals surface area (Å²) in [6.45, 7) is 1.62. The van der Waals surface area contributed by atoms with Gasteiger partial charge in [-0.15, -0.1) is 0 Å². The Labute approximate surface area is 192 Å². The number of carbonyl (C=O) groups excluding carboxylic acids is 2. The largest absolute Gasteiger partial charge is 0.508 e. The van der Waals surface area contributed by atoms with Crippen molar-refractivity contribution in [3.63, 3.8) is 0 Å². The number of phenols is 2. The van der Waals surface area contributed by atoms with Crippen LogP contribution in [0.5, 0.6) is 11.5 Å². The zero-order valence-corrected chi connectivity index (χ0v) is 18.5. The third kappa shape index (κ3) is 2.50. The summed E-state index contributed by atoms with van der Waals surface area (Å²) in [6, 6.07) is 9.32. The number of hydrogen-bond donors (Lipinski definition) is 5. The van der Waals surface area contributed by atoms with Gasteiger partial charge in [0.15, 0.2) is 0 Å². The summed E-state index contributed by atoms with van der Waals surface area (Å²) < 4.78 is 1.93. The zero-order chi connectivity index (χ0) is 23.9. The van der Waals surface area contributed by atoms with Crippen LogP contribution in [0, 0.1) is 0 Å². The SMILES string of the molecule is CCC(CO)NN1C(=O)c2c(c3c4cc(O)ccc4n(C)c3c3[nH]c4cc(O)ccc4c23)C1=O. The van der Waals surface area contributed by atoms with E-state index in [9.17, 15) is 24.9 Å². The Bertz CT molecular complexity index is 1690. The van der Waals surface area contributed by atoms with Crippen molar-refractivity contribution < 1.29 is 24.9 Å². The van der Waals surface area contributed by atoms with E-state index in [1.54, 1.807) is 36.4 Å². The van der Waals surface area contributed by atoms with Gasteiger partial charge < -0.3 is 24.9 Å². The minimum absolute atomic E-state index is 0.0495. The van der Waals surface area contributed by atoms with E-state index >= 15 is 0 Å². The van der Waals surface area contributed by atoms with E-state index in [1.165, 1.54) is 0 Å². The summed E-state index contributed by atoms with van der Waals surface area (Å²) >= 11 is 0. The molecule has 0 aliphatic carbocycles. The predicted molar refractivity (Wildman–Crippen MR) is 128 cm³/mol. The zero-order valence-electron chi connectivity index (χ0n) is 18.5. The molecule has 0 saturated carbocycles. The van der Waals surface area contributed by atoms with Crippen LogP contribution in [0.2, 0.25) is 0 Å². The topological polar surface area (TPSA) is 131 Å². The van der Waals surface area contributed by atoms with Gasteiger partial charge in [0.2, 0.25) is 0 Å². The highest BCUT2D eigenvalue weighted by Gasteiger charge is 2.42. The van der Waals surface area contributed by atoms with Crippen molar-refractivity contribution in [3.05, 3.63) is 47.5 Å². The third-order valence-electron chi connectivity index (χ3n) is 6.81. The highest BCUT2D eigenvalue weighted by molar-refractivity contribution is 6.39. The van der Waals surface area contributed by atoms with Crippen molar-refractivity contribution in [1.29, 1.82) is 0 Å². The van der Waals surface area contributed by atoms with E-state index in [0.29, 0.717) is 44.5 Å². The molecule has 0 saturated heterocycles. The van der Waals surface area contributed by atoms with Crippen molar-refractivity contribution in [3.8, 4) is 11.5 Å². The number of aromatic nitrogens is 2. The molecule has 0 radical (unpaired) electrons. The summed E-state index contributed by atoms with van der Waals surface area (Å²) in [6.07, 6.45) is 0.517. The Morgan fingerprint density at radius 3 is 2.35 bits per heavy atom. The highest BCUT2D eigenvalue weighted by Crippen LogP contribution is 2.45. The van der Waals surface area contributed by atoms with Crippen LogP contribution in [0.4, 0.5) is 0 Å². The lowest BCUT2D eigenvalue weighted by atomic mass is 9.96. The van der Waals surface area contributed by atoms with Gasteiger partial charge in [0.1, 0.15) is 11.5 Å². The standard InChI is InChI=1S/C25H22N4O5/c1-3-11(10-30)27-29-24(33)20-18-14-6-4-13(32)9-16(14)26-22(18)23-19(21(20)25(29)34)15-8-12(31)5-7-17(15)28(23)2/h4-9,11,26-27,30-32H,3,10H2,1-2H3. The normalized spacial score (nSPS) is 14.9. The first kappa shape index (κ1) is 20.5. The van der Waals surface area contributed by atoms with Crippen LogP contribution in [0.3, 0.4) is 0 Å². The van der Waals surface area contributed by atoms with E-state index in [2.05, 4.69) is 10.4 Å². The number of aliphatic hydroxyl groups excluding tert-OH is 1. The number of aromatic amines is 1. The lowest BCUT2D eigenvalue weighted by Gasteiger charge is -2.21. The number of aromatic hydroxyl groups is 2. The van der Waals surface area contributed by atoms with Gasteiger partial charge in [-0.1, -0.05) is 6.92 Å². The van der Waals surface area contributed by atoms with Crippen molar-refractivity contribution in [2.24, 2.45) is 7.05 Å². The van der Waals surface area contributed by atoms with Crippen molar-refractivity contribution in [1.82, 2.24) is 20.0 Å². The Hall–Kier alpha value is -4.08. The molecule has 172 valence electrons. The maximum atomic E-state index is 13.7. The molecule has 3 aromatic carbocycles. The summed E-state index contributed by atoms with van der Waals surface area (Å²) in [5, 5.41) is 33.4. The number of aliphatic hydroxyl groups is 1. The van der Waals surface area contributed by atoms with Crippen molar-refractivity contribution in [2.75, 3.05) is 6.61 Å². The van der Waals surface area contributed by atoms with Crippen LogP contribution in [0.25, 0.3) is 43.6 Å². The maximum absolute atomic E-state index is 13.7. The van der Waals surface area contributed by atoms with Gasteiger partial charge in [0.05, 0.1) is 34.3 Å². The van der Waals surface area contributed by atoms with Crippen LogP contribution < -0.4 is 5.43 Å². The van der Waals surface area contributed by atoms with Gasteiger partial charge in [-0.2, -0.15) is 0 Å². The first-order valence-electron chi connectivity index (χ1n) is 11.0. The summed E-state index contributed by atoms with van der Waals surface area (Å²) in [5.74, 6) is -0.894. The first-order chi connectivity index (χ1) is 16.3. The third-order valence-corrected chi connectivity index (χ3v) is 6.81. The molecule has 0 spiro atoms. The molecule has 9 heteroatoms. The molecule has 1 aliphatic heterocycles. The number of H-pyrrole nitrogens is 1. The monoisotopic (exact) mass is 458 g/mol. The highest BCUT2D eigenvalue weighted by atomic mass is 16.3. The van der Waals surface area contributed by atoms with Gasteiger partial charge in [-0.05, 0) is 36.8 Å². The fraction of sp³-hybridized carbons (Fsp3) is 0.200. The molecule has 5 aromatic rings. The smallest absolute Gasteiger partial charge is 0.276 e. The quantitative estimate of drug-likeness (QED) is 0.263. The average molecular weight is 458 g/mol. The first-order valence-corrected chi connectivity index (χ1v) is 11.0. The Kier molecular flexibility index (Phi) is 4.20. The lowest BCUT2D eigenvalue weighted by Crippen LogP contribution is -2.49. The number of nitrogens with zero attached hydrogens (tertiary/aromatic N) is 2. The number of carbonyl (C=O) groups is 2. The molecule has 34 heavy (non-hydrogen) atoms. The number of amides is 2. The van der Waals surface area contributed by atoms with Gasteiger partial charge in [0, 0.05) is 46.2 Å². The summed E-state index contributed by atoms with van der Waals surface area (Å²) in [4.78, 5) is 30.7. The number of imide groups is 1. The fourth-order valence-electron chi connectivity index (χ4n) is 5.16. The molecule has 1 aliphatic rings. The van der Waals surface area contributed by atoms with Crippen LogP contribution in [-0.4, -0.2) is 54.3 Å². The van der Waals surface area contributed by atoms with Gasteiger partial charge in [-0.25, -0.2) is 10.4 Å². The van der Waals surface area contributed by atoms with E-state index in [0.717, 1.165) is 10.5 Å². The van der Waals surface area contributed by atoms with Gasteiger partial charge >= 0.3 is 0 Å². The second kappa shape index (κ2) is 6.96. The van der Waals surface area contributed by atoms with E-state index in [4.69, 9.17) is 0 Å². The Balaban J connectivity index is 1.82. The predicted octanol–water partition coefficient (Wildman–Crippen LogP) is 3.25. The van der Waals surface area contributed by atoms with Crippen molar-refractivity contribution >= 4 is 55.4 Å². The second-order valence-electron chi connectivity index (χ2n) is 8.70. The van der Waals surface area contributed by atoms with Crippen LogP contribution in [-0.2, 0) is 7.05 Å². The maximum Gasteiger partial charge on any atom is 0.276 e. The molecule has 9 nitrogen and oxygen atoms in total. The second-order valence-corrected chi connectivity index (χ2v) is 8.70. The molecule has 0 bridgehead atoms. The number of fused-ring (bicyclic) bond motifs is 10.